The molecule has 3 atom stereocenters. The van der Waals surface area contributed by atoms with Gasteiger partial charge in [0.05, 0.1) is 6.04 Å². The first-order valence-electron chi connectivity index (χ1n) is 9.47. The predicted octanol–water partition coefficient (Wildman–Crippen LogP) is -4.12. The van der Waals surface area contributed by atoms with Crippen LogP contribution in [-0.2, 0) is 33.6 Å². The van der Waals surface area contributed by atoms with Crippen LogP contribution < -0.4 is 33.2 Å². The lowest BCUT2D eigenvalue weighted by Crippen LogP contribution is -2.56. The van der Waals surface area contributed by atoms with E-state index in [-0.39, 0.29) is 32.1 Å². The summed E-state index contributed by atoms with van der Waals surface area (Å²) in [5.74, 6) is -6.82. The average molecular weight is 460 g/mol. The Balaban J connectivity index is 5.34. The smallest absolute Gasteiger partial charge is 0.322 e. The van der Waals surface area contributed by atoms with Crippen LogP contribution in [0, 0.1) is 0 Å². The Morgan fingerprint density at radius 2 is 1.12 bits per heavy atom. The quantitative estimate of drug-likeness (QED) is 0.110. The number of aliphatic carboxylic acids is 2. The topological polar surface area (TPSA) is 274 Å². The number of carboxylic acid groups (broad SMARTS) is 2. The Kier molecular flexibility index (Phi) is 12.6. The van der Waals surface area contributed by atoms with Gasteiger partial charge in [0.1, 0.15) is 18.6 Å². The molecule has 11 N–H and O–H groups in total. The van der Waals surface area contributed by atoms with Crippen LogP contribution in [0.5, 0.6) is 0 Å². The summed E-state index contributed by atoms with van der Waals surface area (Å²) in [5, 5.41) is 23.9. The molecule has 180 valence electrons. The zero-order valence-corrected chi connectivity index (χ0v) is 17.2. The molecule has 3 unspecified atom stereocenters. The molecule has 0 aromatic heterocycles. The molecule has 15 heteroatoms. The molecule has 0 aliphatic carbocycles. The third kappa shape index (κ3) is 12.7. The summed E-state index contributed by atoms with van der Waals surface area (Å²) in [6.07, 6.45) is -1.78. The van der Waals surface area contributed by atoms with Crippen LogP contribution in [0.1, 0.15) is 38.5 Å². The van der Waals surface area contributed by atoms with Gasteiger partial charge in [0.25, 0.3) is 0 Å². The van der Waals surface area contributed by atoms with Crippen molar-refractivity contribution >= 4 is 41.5 Å². The van der Waals surface area contributed by atoms with Gasteiger partial charge in [-0.25, -0.2) is 0 Å². The molecule has 0 fully saturated rings. The third-order valence-electron chi connectivity index (χ3n) is 4.04. The van der Waals surface area contributed by atoms with E-state index in [4.69, 9.17) is 27.4 Å². The predicted molar refractivity (Wildman–Crippen MR) is 106 cm³/mol. The first kappa shape index (κ1) is 28.2. The second kappa shape index (κ2) is 14.3. The van der Waals surface area contributed by atoms with Crippen molar-refractivity contribution in [1.29, 1.82) is 0 Å². The van der Waals surface area contributed by atoms with Crippen LogP contribution in [0.15, 0.2) is 0 Å². The van der Waals surface area contributed by atoms with Gasteiger partial charge in [-0.3, -0.25) is 33.6 Å². The Hall–Kier alpha value is -3.75. The first-order chi connectivity index (χ1) is 14.8. The Labute approximate surface area is 182 Å². The number of nitrogens with two attached hydrogens (primary N) is 3. The van der Waals surface area contributed by atoms with E-state index < -0.39 is 72.6 Å². The Morgan fingerprint density at radius 3 is 1.56 bits per heavy atom. The maximum atomic E-state index is 12.7. The fraction of sp³-hybridized carbons (Fsp3) is 0.588. The molecule has 0 aromatic carbocycles. The van der Waals surface area contributed by atoms with Gasteiger partial charge in [-0.15, -0.1) is 0 Å². The molecule has 0 radical (unpaired) electrons. The molecular weight excluding hydrogens is 432 g/mol. The summed E-state index contributed by atoms with van der Waals surface area (Å²) in [7, 11) is 0. The number of hydrogen-bond donors (Lipinski definition) is 8. The van der Waals surface area contributed by atoms with Gasteiger partial charge >= 0.3 is 11.9 Å². The van der Waals surface area contributed by atoms with Gasteiger partial charge in [-0.1, -0.05) is 0 Å². The average Bonchev–Trinajstić information content (AvgIpc) is 2.69. The molecule has 0 heterocycles. The standard InChI is InChI=1S/C17H28N6O9/c18-8(1-6-13(26)27)15(30)22-10(3-5-12(20)25)17(32)23-9(2-4-11(19)24)16(31)21-7-14(28)29/h8-10H,1-7,18H2,(H2,19,24)(H2,20,25)(H,21,31)(H,22,30)(H,23,32)(H,26,27)(H,28,29). The van der Waals surface area contributed by atoms with Crippen molar-refractivity contribution in [2.45, 2.75) is 56.7 Å². The molecular formula is C17H28N6O9. The second-order valence-electron chi connectivity index (χ2n) is 6.78. The van der Waals surface area contributed by atoms with E-state index in [9.17, 15) is 33.6 Å². The van der Waals surface area contributed by atoms with Crippen LogP contribution >= 0.6 is 0 Å². The molecule has 0 saturated heterocycles. The van der Waals surface area contributed by atoms with Gasteiger partial charge in [0.2, 0.25) is 29.5 Å². The van der Waals surface area contributed by atoms with Gasteiger partial charge < -0.3 is 43.4 Å². The maximum Gasteiger partial charge on any atom is 0.322 e. The van der Waals surface area contributed by atoms with Crippen LogP contribution in [-0.4, -0.2) is 76.4 Å². The molecule has 5 amide bonds. The zero-order chi connectivity index (χ0) is 24.8. The van der Waals surface area contributed by atoms with Crippen molar-refractivity contribution in [3.05, 3.63) is 0 Å². The fourth-order valence-corrected chi connectivity index (χ4v) is 2.36. The van der Waals surface area contributed by atoms with Crippen molar-refractivity contribution in [2.24, 2.45) is 17.2 Å². The largest absolute Gasteiger partial charge is 0.481 e. The van der Waals surface area contributed by atoms with E-state index in [2.05, 4.69) is 10.6 Å². The van der Waals surface area contributed by atoms with Crippen LogP contribution in [0.3, 0.4) is 0 Å². The molecule has 0 saturated carbocycles. The number of rotatable bonds is 16. The minimum Gasteiger partial charge on any atom is -0.481 e. The number of primary amides is 2. The highest BCUT2D eigenvalue weighted by molar-refractivity contribution is 5.94. The van der Waals surface area contributed by atoms with Crippen LogP contribution in [0.2, 0.25) is 0 Å². The van der Waals surface area contributed by atoms with Crippen molar-refractivity contribution in [1.82, 2.24) is 16.0 Å². The zero-order valence-electron chi connectivity index (χ0n) is 17.2. The van der Waals surface area contributed by atoms with Gasteiger partial charge in [0, 0.05) is 19.3 Å². The minimum atomic E-state index is -1.38. The highest BCUT2D eigenvalue weighted by Gasteiger charge is 2.29. The molecule has 0 rings (SSSR count). The molecule has 0 spiro atoms. The van der Waals surface area contributed by atoms with Crippen molar-refractivity contribution < 1.29 is 43.8 Å². The summed E-state index contributed by atoms with van der Waals surface area (Å²) in [6, 6.07) is -4.02. The van der Waals surface area contributed by atoms with E-state index >= 15 is 0 Å². The second-order valence-corrected chi connectivity index (χ2v) is 6.78. The first-order valence-corrected chi connectivity index (χ1v) is 9.47. The number of hydrogen-bond acceptors (Lipinski definition) is 8. The normalized spacial score (nSPS) is 13.2. The number of amides is 5. The molecule has 0 aliphatic rings. The van der Waals surface area contributed by atoms with E-state index in [0.29, 0.717) is 0 Å². The number of carboxylic acids is 2. The number of nitrogens with one attached hydrogen (secondary N) is 3. The minimum absolute atomic E-state index is 0.218. The highest BCUT2D eigenvalue weighted by atomic mass is 16.4. The lowest BCUT2D eigenvalue weighted by molar-refractivity contribution is -0.139. The Morgan fingerprint density at radius 1 is 0.656 bits per heavy atom. The van der Waals surface area contributed by atoms with E-state index in [1.54, 1.807) is 0 Å². The lowest BCUT2D eigenvalue weighted by atomic mass is 10.1. The molecule has 0 aromatic rings. The lowest BCUT2D eigenvalue weighted by Gasteiger charge is -2.23. The molecule has 0 aliphatic heterocycles. The fourth-order valence-electron chi connectivity index (χ4n) is 2.36. The summed E-state index contributed by atoms with van der Waals surface area (Å²) < 4.78 is 0. The summed E-state index contributed by atoms with van der Waals surface area (Å²) in [4.78, 5) is 80.4. The van der Waals surface area contributed by atoms with E-state index in [0.717, 1.165) is 0 Å². The maximum absolute atomic E-state index is 12.7. The van der Waals surface area contributed by atoms with Crippen LogP contribution in [0.25, 0.3) is 0 Å². The van der Waals surface area contributed by atoms with Crippen molar-refractivity contribution in [2.75, 3.05) is 6.54 Å². The highest BCUT2D eigenvalue weighted by Crippen LogP contribution is 2.04. The molecule has 15 nitrogen and oxygen atoms in total. The van der Waals surface area contributed by atoms with Gasteiger partial charge in [-0.2, -0.15) is 0 Å². The third-order valence-corrected chi connectivity index (χ3v) is 4.04. The monoisotopic (exact) mass is 460 g/mol. The summed E-state index contributed by atoms with van der Waals surface area (Å²) in [6.45, 7) is -0.748. The SMILES string of the molecule is NC(=O)CCC(NC(=O)C(N)CCC(=O)O)C(=O)NC(CCC(N)=O)C(=O)NCC(=O)O. The Bertz CT molecular complexity index is 742. The molecule has 0 bridgehead atoms. The summed E-state index contributed by atoms with van der Waals surface area (Å²) >= 11 is 0. The van der Waals surface area contributed by atoms with E-state index in [1.165, 1.54) is 0 Å². The van der Waals surface area contributed by atoms with Crippen molar-refractivity contribution in [3.63, 3.8) is 0 Å². The van der Waals surface area contributed by atoms with E-state index in [1.807, 2.05) is 5.32 Å². The van der Waals surface area contributed by atoms with Crippen LogP contribution in [0.4, 0.5) is 0 Å². The van der Waals surface area contributed by atoms with Crippen molar-refractivity contribution in [3.8, 4) is 0 Å². The van der Waals surface area contributed by atoms with Gasteiger partial charge in [-0.05, 0) is 19.3 Å². The number of carbonyl (C=O) groups is 7. The molecule has 32 heavy (non-hydrogen) atoms. The number of carbonyl (C=O) groups excluding carboxylic acids is 5. The van der Waals surface area contributed by atoms with Gasteiger partial charge in [0.15, 0.2) is 0 Å². The summed E-state index contributed by atoms with van der Waals surface area (Å²) in [5.41, 5.74) is 15.7.